The third-order valence-corrected chi connectivity index (χ3v) is 8.62. The van der Waals surface area contributed by atoms with Gasteiger partial charge in [-0.05, 0) is 95.7 Å². The molecule has 0 radical (unpaired) electrons. The SMILES string of the molecule is COc1ccc(COCc2ccc3c(c2)C(=N[S+]([O-])C(C)(C)C)C2(CCN(C(=O)OC(C)(C)C)CC2)C3)cc1. The highest BCUT2D eigenvalue weighted by molar-refractivity contribution is 7.91. The van der Waals surface area contributed by atoms with Crippen molar-refractivity contribution in [2.45, 2.75) is 84.4 Å². The first-order chi connectivity index (χ1) is 18.3. The average molecular weight is 555 g/mol. The van der Waals surface area contributed by atoms with E-state index in [0.29, 0.717) is 26.3 Å². The summed E-state index contributed by atoms with van der Waals surface area (Å²) in [6, 6.07) is 14.3. The molecular formula is C31H42N2O5S. The van der Waals surface area contributed by atoms with Gasteiger partial charge in [-0.1, -0.05) is 28.7 Å². The zero-order valence-corrected chi connectivity index (χ0v) is 25.2. The fourth-order valence-corrected chi connectivity index (χ4v) is 5.79. The summed E-state index contributed by atoms with van der Waals surface area (Å²) in [5, 5.41) is 0. The van der Waals surface area contributed by atoms with Crippen LogP contribution in [-0.2, 0) is 40.5 Å². The van der Waals surface area contributed by atoms with Crippen molar-refractivity contribution in [2.75, 3.05) is 20.2 Å². The standard InChI is InChI=1S/C31H42N2O5S/c1-29(2,3)38-28(34)33-16-14-31(15-17-33)19-24-11-8-23(18-26(24)27(31)32-39(35)30(4,5)6)21-37-20-22-9-12-25(36-7)13-10-22/h8-13,18H,14-17,19-21H2,1-7H3. The van der Waals surface area contributed by atoms with Crippen LogP contribution in [0, 0.1) is 5.41 Å². The highest BCUT2D eigenvalue weighted by Gasteiger charge is 2.48. The molecule has 0 bridgehead atoms. The molecule has 1 fully saturated rings. The lowest BCUT2D eigenvalue weighted by Gasteiger charge is -2.39. The molecule has 7 nitrogen and oxygen atoms in total. The molecule has 4 rings (SSSR count). The fourth-order valence-electron chi connectivity index (χ4n) is 5.05. The Morgan fingerprint density at radius 1 is 1.00 bits per heavy atom. The number of nitrogens with zero attached hydrogens (tertiary/aromatic N) is 2. The molecule has 8 heteroatoms. The van der Waals surface area contributed by atoms with E-state index in [1.54, 1.807) is 12.0 Å². The molecule has 2 aromatic carbocycles. The maximum Gasteiger partial charge on any atom is 0.410 e. The minimum atomic E-state index is -1.39. The van der Waals surface area contributed by atoms with Gasteiger partial charge in [-0.15, -0.1) is 0 Å². The quantitative estimate of drug-likeness (QED) is 0.395. The smallest absolute Gasteiger partial charge is 0.410 e. The molecule has 0 saturated carbocycles. The highest BCUT2D eigenvalue weighted by atomic mass is 32.2. The summed E-state index contributed by atoms with van der Waals surface area (Å²) in [5.41, 5.74) is 4.54. The van der Waals surface area contributed by atoms with E-state index in [2.05, 4.69) is 18.2 Å². The third kappa shape index (κ3) is 7.16. The predicted molar refractivity (Wildman–Crippen MR) is 156 cm³/mol. The number of benzene rings is 2. The van der Waals surface area contributed by atoms with Crippen LogP contribution in [0.4, 0.5) is 4.79 Å². The van der Waals surface area contributed by atoms with Crippen molar-refractivity contribution < 1.29 is 23.6 Å². The fraction of sp³-hybridized carbons (Fsp3) is 0.548. The Hall–Kier alpha value is -2.55. The van der Waals surface area contributed by atoms with Crippen LogP contribution in [0.25, 0.3) is 0 Å². The van der Waals surface area contributed by atoms with E-state index in [0.717, 1.165) is 47.4 Å². The van der Waals surface area contributed by atoms with E-state index in [4.69, 9.17) is 18.6 Å². The number of hydrogen-bond acceptors (Lipinski definition) is 6. The number of piperidine rings is 1. The van der Waals surface area contributed by atoms with Gasteiger partial charge >= 0.3 is 6.09 Å². The number of carbonyl (C=O) groups excluding carboxylic acids is 1. The Labute approximate surface area is 236 Å². The number of carbonyl (C=O) groups is 1. The topological polar surface area (TPSA) is 83.4 Å². The second kappa shape index (κ2) is 11.5. The van der Waals surface area contributed by atoms with Crippen LogP contribution in [0.5, 0.6) is 5.75 Å². The number of likely N-dealkylation sites (tertiary alicyclic amines) is 1. The summed E-state index contributed by atoms with van der Waals surface area (Å²) in [6.45, 7) is 13.6. The number of methoxy groups -OCH3 is 1. The van der Waals surface area contributed by atoms with Gasteiger partial charge in [0, 0.05) is 24.1 Å². The second-order valence-corrected chi connectivity index (χ2v) is 14.5. The van der Waals surface area contributed by atoms with Gasteiger partial charge in [-0.25, -0.2) is 4.79 Å². The Morgan fingerprint density at radius 2 is 1.62 bits per heavy atom. The molecule has 1 aliphatic carbocycles. The van der Waals surface area contributed by atoms with Gasteiger partial charge in [-0.3, -0.25) is 0 Å². The first-order valence-corrected chi connectivity index (χ1v) is 14.7. The molecule has 1 amide bonds. The Kier molecular flexibility index (Phi) is 8.69. The van der Waals surface area contributed by atoms with Gasteiger partial charge in [0.1, 0.15) is 33.2 Å². The van der Waals surface area contributed by atoms with E-state index in [1.807, 2.05) is 65.8 Å². The molecule has 2 aromatic rings. The summed E-state index contributed by atoms with van der Waals surface area (Å²) < 4.78 is 34.5. The van der Waals surface area contributed by atoms with Crippen LogP contribution in [0.1, 0.15) is 76.6 Å². The second-order valence-electron chi connectivity index (χ2n) is 12.6. The van der Waals surface area contributed by atoms with Gasteiger partial charge in [0.15, 0.2) is 0 Å². The van der Waals surface area contributed by atoms with Gasteiger partial charge in [0.2, 0.25) is 0 Å². The predicted octanol–water partition coefficient (Wildman–Crippen LogP) is 6.24. The van der Waals surface area contributed by atoms with E-state index < -0.39 is 21.7 Å². The molecule has 1 saturated heterocycles. The van der Waals surface area contributed by atoms with Crippen LogP contribution in [-0.4, -0.2) is 51.8 Å². The molecule has 39 heavy (non-hydrogen) atoms. The van der Waals surface area contributed by atoms with Crippen LogP contribution < -0.4 is 4.74 Å². The van der Waals surface area contributed by atoms with Crippen LogP contribution in [0.2, 0.25) is 0 Å². The number of ether oxygens (including phenoxy) is 3. The average Bonchev–Trinajstić information content (AvgIpc) is 3.15. The van der Waals surface area contributed by atoms with Crippen LogP contribution in [0.15, 0.2) is 46.9 Å². The molecule has 1 heterocycles. The first kappa shape index (κ1) is 29.4. The van der Waals surface area contributed by atoms with Gasteiger partial charge in [0.25, 0.3) is 0 Å². The Balaban J connectivity index is 1.52. The third-order valence-electron chi connectivity index (χ3n) is 7.23. The Morgan fingerprint density at radius 3 is 2.21 bits per heavy atom. The van der Waals surface area contributed by atoms with Gasteiger partial charge < -0.3 is 23.7 Å². The number of rotatable bonds is 6. The summed E-state index contributed by atoms with van der Waals surface area (Å²) in [5.74, 6) is 0.822. The van der Waals surface area contributed by atoms with Crippen molar-refractivity contribution in [1.29, 1.82) is 0 Å². The molecule has 1 spiro atoms. The first-order valence-electron chi connectivity index (χ1n) is 13.6. The molecule has 0 aromatic heterocycles. The van der Waals surface area contributed by atoms with Crippen molar-refractivity contribution in [2.24, 2.45) is 9.81 Å². The molecular weight excluding hydrogens is 512 g/mol. The molecule has 1 aliphatic heterocycles. The summed E-state index contributed by atoms with van der Waals surface area (Å²) >= 11 is -1.39. The van der Waals surface area contributed by atoms with E-state index in [1.165, 1.54) is 5.56 Å². The zero-order valence-electron chi connectivity index (χ0n) is 24.3. The number of amides is 1. The number of hydrogen-bond donors (Lipinski definition) is 0. The van der Waals surface area contributed by atoms with Gasteiger partial charge in [0.05, 0.1) is 20.3 Å². The lowest BCUT2D eigenvalue weighted by Crippen LogP contribution is -2.47. The molecule has 1 unspecified atom stereocenters. The zero-order chi connectivity index (χ0) is 28.4. The minimum Gasteiger partial charge on any atom is -0.591 e. The lowest BCUT2D eigenvalue weighted by molar-refractivity contribution is 0.0159. The van der Waals surface area contributed by atoms with E-state index in [9.17, 15) is 9.35 Å². The lowest BCUT2D eigenvalue weighted by atomic mass is 9.74. The summed E-state index contributed by atoms with van der Waals surface area (Å²) in [7, 11) is 1.66. The molecule has 2 aliphatic rings. The van der Waals surface area contributed by atoms with E-state index in [-0.39, 0.29) is 11.5 Å². The van der Waals surface area contributed by atoms with Crippen molar-refractivity contribution in [3.8, 4) is 5.75 Å². The number of fused-ring (bicyclic) bond motifs is 1. The highest BCUT2D eigenvalue weighted by Crippen LogP contribution is 2.46. The van der Waals surface area contributed by atoms with Gasteiger partial charge in [-0.2, -0.15) is 0 Å². The summed E-state index contributed by atoms with van der Waals surface area (Å²) in [4.78, 5) is 14.5. The molecule has 212 valence electrons. The monoisotopic (exact) mass is 554 g/mol. The largest absolute Gasteiger partial charge is 0.591 e. The normalized spacial score (nSPS) is 18.8. The van der Waals surface area contributed by atoms with Crippen molar-refractivity contribution in [3.05, 3.63) is 64.7 Å². The van der Waals surface area contributed by atoms with E-state index >= 15 is 0 Å². The molecule has 0 N–H and O–H groups in total. The Bertz CT molecular complexity index is 1190. The van der Waals surface area contributed by atoms with Crippen LogP contribution in [0.3, 0.4) is 0 Å². The minimum absolute atomic E-state index is 0.246. The van der Waals surface area contributed by atoms with Crippen molar-refractivity contribution in [3.63, 3.8) is 0 Å². The maximum atomic E-state index is 13.3. The van der Waals surface area contributed by atoms with Crippen LogP contribution >= 0.6 is 0 Å². The van der Waals surface area contributed by atoms with Crippen molar-refractivity contribution in [1.82, 2.24) is 4.90 Å². The maximum absolute atomic E-state index is 13.3. The van der Waals surface area contributed by atoms with Crippen molar-refractivity contribution >= 4 is 23.2 Å². The summed E-state index contributed by atoms with van der Waals surface area (Å²) in [6.07, 6.45) is 2.06. The molecule has 1 atom stereocenters.